The monoisotopic (exact) mass is 298 g/mol. The maximum Gasteiger partial charge on any atom is 0.167 e. The average molecular weight is 298 g/mol. The molecule has 0 amide bonds. The van der Waals surface area contributed by atoms with Crippen molar-refractivity contribution in [3.05, 3.63) is 41.4 Å². The van der Waals surface area contributed by atoms with Gasteiger partial charge in [0.15, 0.2) is 5.82 Å². The zero-order valence-electron chi connectivity index (χ0n) is 13.5. The Morgan fingerprint density at radius 1 is 1.09 bits per heavy atom. The van der Waals surface area contributed by atoms with Crippen LogP contribution in [0.2, 0.25) is 0 Å². The Kier molecular flexibility index (Phi) is 3.43. The molecule has 0 aliphatic carbocycles. The molecule has 2 aromatic heterocycles. The van der Waals surface area contributed by atoms with E-state index in [9.17, 15) is 4.39 Å². The SMILES string of the molecule is Cc1ncc(F)c(-c2cc(C)c3nc(C)n(C(C)C)c3c2)n1. The van der Waals surface area contributed by atoms with E-state index < -0.39 is 5.82 Å². The average Bonchev–Trinajstić information content (AvgIpc) is 2.78. The maximum atomic E-state index is 14.1. The summed E-state index contributed by atoms with van der Waals surface area (Å²) in [6.07, 6.45) is 1.22. The lowest BCUT2D eigenvalue weighted by atomic mass is 10.1. The van der Waals surface area contributed by atoms with Crippen molar-refractivity contribution in [2.24, 2.45) is 0 Å². The van der Waals surface area contributed by atoms with Gasteiger partial charge in [-0.2, -0.15) is 0 Å². The molecule has 0 aliphatic heterocycles. The minimum absolute atomic E-state index is 0.289. The number of imidazole rings is 1. The van der Waals surface area contributed by atoms with Crippen molar-refractivity contribution in [3.8, 4) is 11.3 Å². The van der Waals surface area contributed by atoms with Gasteiger partial charge in [0, 0.05) is 11.6 Å². The summed E-state index contributed by atoms with van der Waals surface area (Å²) in [5.74, 6) is 1.11. The molecule has 0 saturated heterocycles. The Morgan fingerprint density at radius 2 is 1.82 bits per heavy atom. The van der Waals surface area contributed by atoms with E-state index in [0.29, 0.717) is 11.5 Å². The number of hydrogen-bond donors (Lipinski definition) is 0. The highest BCUT2D eigenvalue weighted by atomic mass is 19.1. The molecule has 0 unspecified atom stereocenters. The molecule has 5 heteroatoms. The van der Waals surface area contributed by atoms with Gasteiger partial charge >= 0.3 is 0 Å². The minimum Gasteiger partial charge on any atom is -0.326 e. The van der Waals surface area contributed by atoms with Crippen LogP contribution in [0.1, 0.15) is 37.1 Å². The van der Waals surface area contributed by atoms with Crippen molar-refractivity contribution in [2.75, 3.05) is 0 Å². The highest BCUT2D eigenvalue weighted by molar-refractivity contribution is 5.85. The summed E-state index contributed by atoms with van der Waals surface area (Å²) < 4.78 is 16.3. The van der Waals surface area contributed by atoms with Crippen LogP contribution < -0.4 is 0 Å². The summed E-state index contributed by atoms with van der Waals surface area (Å²) in [6.45, 7) is 9.98. The predicted molar refractivity (Wildman–Crippen MR) is 85.3 cm³/mol. The van der Waals surface area contributed by atoms with E-state index in [1.807, 2.05) is 26.0 Å². The summed E-state index contributed by atoms with van der Waals surface area (Å²) in [4.78, 5) is 12.8. The number of benzene rings is 1. The van der Waals surface area contributed by atoms with Gasteiger partial charge in [-0.25, -0.2) is 19.3 Å². The van der Waals surface area contributed by atoms with Crippen LogP contribution in [-0.2, 0) is 0 Å². The summed E-state index contributed by atoms with van der Waals surface area (Å²) in [7, 11) is 0. The fraction of sp³-hybridized carbons (Fsp3) is 0.353. The number of rotatable bonds is 2. The molecule has 3 rings (SSSR count). The molecule has 0 N–H and O–H groups in total. The van der Waals surface area contributed by atoms with Crippen molar-refractivity contribution >= 4 is 11.0 Å². The van der Waals surface area contributed by atoms with Crippen LogP contribution in [0.5, 0.6) is 0 Å². The Bertz CT molecular complexity index is 865. The molecular formula is C17H19FN4. The Labute approximate surface area is 129 Å². The lowest BCUT2D eigenvalue weighted by Crippen LogP contribution is -2.03. The van der Waals surface area contributed by atoms with Crippen molar-refractivity contribution in [2.45, 2.75) is 40.7 Å². The standard InChI is InChI=1S/C17H19FN4/c1-9(2)22-12(5)21-16-10(3)6-13(7-15(16)22)17-14(18)8-19-11(4)20-17/h6-9H,1-5H3. The zero-order chi connectivity index (χ0) is 16.0. The number of nitrogens with zero attached hydrogens (tertiary/aromatic N) is 4. The molecule has 0 aliphatic rings. The fourth-order valence-electron chi connectivity index (χ4n) is 2.93. The summed E-state index contributed by atoms with van der Waals surface area (Å²) in [5.41, 5.74) is 4.09. The van der Waals surface area contributed by atoms with Gasteiger partial charge < -0.3 is 4.57 Å². The second kappa shape index (κ2) is 5.16. The van der Waals surface area contributed by atoms with Gasteiger partial charge in [0.05, 0.1) is 17.2 Å². The number of aromatic nitrogens is 4. The molecule has 0 bridgehead atoms. The van der Waals surface area contributed by atoms with Crippen LogP contribution in [0.3, 0.4) is 0 Å². The first-order valence-electron chi connectivity index (χ1n) is 7.37. The molecule has 2 heterocycles. The molecule has 114 valence electrons. The number of hydrogen-bond acceptors (Lipinski definition) is 3. The van der Waals surface area contributed by atoms with Gasteiger partial charge in [-0.1, -0.05) is 0 Å². The summed E-state index contributed by atoms with van der Waals surface area (Å²) in [6, 6.07) is 4.19. The maximum absolute atomic E-state index is 14.1. The van der Waals surface area contributed by atoms with E-state index in [4.69, 9.17) is 0 Å². The molecule has 1 aromatic carbocycles. The smallest absolute Gasteiger partial charge is 0.167 e. The zero-order valence-corrected chi connectivity index (χ0v) is 13.5. The third kappa shape index (κ3) is 2.26. The minimum atomic E-state index is -0.406. The third-order valence-electron chi connectivity index (χ3n) is 3.82. The number of aryl methyl sites for hydroxylation is 3. The van der Waals surface area contributed by atoms with Crippen LogP contribution in [0, 0.1) is 26.6 Å². The molecule has 4 nitrogen and oxygen atoms in total. The number of halogens is 1. The van der Waals surface area contributed by atoms with Crippen molar-refractivity contribution in [1.82, 2.24) is 19.5 Å². The first-order valence-corrected chi connectivity index (χ1v) is 7.37. The highest BCUT2D eigenvalue weighted by Crippen LogP contribution is 2.30. The van der Waals surface area contributed by atoms with E-state index in [-0.39, 0.29) is 6.04 Å². The lowest BCUT2D eigenvalue weighted by Gasteiger charge is -2.12. The highest BCUT2D eigenvalue weighted by Gasteiger charge is 2.16. The van der Waals surface area contributed by atoms with Crippen LogP contribution in [0.25, 0.3) is 22.3 Å². The molecular weight excluding hydrogens is 279 g/mol. The topological polar surface area (TPSA) is 43.6 Å². The summed E-state index contributed by atoms with van der Waals surface area (Å²) >= 11 is 0. The van der Waals surface area contributed by atoms with Crippen molar-refractivity contribution < 1.29 is 4.39 Å². The largest absolute Gasteiger partial charge is 0.326 e. The van der Waals surface area contributed by atoms with Crippen molar-refractivity contribution in [1.29, 1.82) is 0 Å². The normalized spacial score (nSPS) is 11.6. The molecule has 3 aromatic rings. The van der Waals surface area contributed by atoms with E-state index >= 15 is 0 Å². The van der Waals surface area contributed by atoms with E-state index in [0.717, 1.165) is 28.0 Å². The first kappa shape index (κ1) is 14.6. The lowest BCUT2D eigenvalue weighted by molar-refractivity contribution is 0.600. The molecule has 0 fully saturated rings. The predicted octanol–water partition coefficient (Wildman–Crippen LogP) is 4.14. The van der Waals surface area contributed by atoms with Gasteiger partial charge in [-0.15, -0.1) is 0 Å². The van der Waals surface area contributed by atoms with Gasteiger partial charge in [0.2, 0.25) is 0 Å². The first-order chi connectivity index (χ1) is 10.4. The Balaban J connectivity index is 2.32. The van der Waals surface area contributed by atoms with Gasteiger partial charge in [0.1, 0.15) is 17.3 Å². The molecule has 0 radical (unpaired) electrons. The fourth-order valence-corrected chi connectivity index (χ4v) is 2.93. The quantitative estimate of drug-likeness (QED) is 0.714. The van der Waals surface area contributed by atoms with E-state index in [1.54, 1.807) is 6.92 Å². The molecule has 0 spiro atoms. The molecule has 0 saturated carbocycles. The van der Waals surface area contributed by atoms with Crippen LogP contribution in [0.15, 0.2) is 18.3 Å². The molecule has 0 atom stereocenters. The second-order valence-corrected chi connectivity index (χ2v) is 5.90. The van der Waals surface area contributed by atoms with Crippen LogP contribution in [-0.4, -0.2) is 19.5 Å². The van der Waals surface area contributed by atoms with Crippen molar-refractivity contribution in [3.63, 3.8) is 0 Å². The molecule has 22 heavy (non-hydrogen) atoms. The Hall–Kier alpha value is -2.30. The van der Waals surface area contributed by atoms with E-state index in [2.05, 4.69) is 33.4 Å². The van der Waals surface area contributed by atoms with Crippen LogP contribution >= 0.6 is 0 Å². The van der Waals surface area contributed by atoms with Gasteiger partial charge in [0.25, 0.3) is 0 Å². The Morgan fingerprint density at radius 3 is 2.50 bits per heavy atom. The third-order valence-corrected chi connectivity index (χ3v) is 3.82. The summed E-state index contributed by atoms with van der Waals surface area (Å²) in [5, 5.41) is 0. The van der Waals surface area contributed by atoms with Gasteiger partial charge in [-0.05, 0) is 52.3 Å². The number of fused-ring (bicyclic) bond motifs is 1. The van der Waals surface area contributed by atoms with Gasteiger partial charge in [-0.3, -0.25) is 0 Å². The van der Waals surface area contributed by atoms with Crippen LogP contribution in [0.4, 0.5) is 4.39 Å². The second-order valence-electron chi connectivity index (χ2n) is 5.90. The van der Waals surface area contributed by atoms with E-state index in [1.165, 1.54) is 6.20 Å².